The number of hydrogen-bond acceptors (Lipinski definition) is 2. The third-order valence-corrected chi connectivity index (χ3v) is 2.65. The van der Waals surface area contributed by atoms with E-state index in [-0.39, 0.29) is 23.7 Å². The molecule has 0 saturated heterocycles. The summed E-state index contributed by atoms with van der Waals surface area (Å²) in [6, 6.07) is 2.47. The number of halogens is 2. The highest BCUT2D eigenvalue weighted by atomic mass is 19.1. The lowest BCUT2D eigenvalue weighted by Gasteiger charge is -2.08. The van der Waals surface area contributed by atoms with Gasteiger partial charge in [0.1, 0.15) is 11.6 Å². The first kappa shape index (κ1) is 12.0. The molecule has 0 aliphatic heterocycles. The lowest BCUT2D eigenvalue weighted by Crippen LogP contribution is -2.29. The Hall–Kier alpha value is -1.49. The molecule has 0 atom stereocenters. The monoisotopic (exact) mass is 240 g/mol. The van der Waals surface area contributed by atoms with Gasteiger partial charge in [-0.3, -0.25) is 4.79 Å². The molecule has 2 N–H and O–H groups in total. The van der Waals surface area contributed by atoms with Crippen LogP contribution in [0.3, 0.4) is 0 Å². The minimum absolute atomic E-state index is 0.115. The highest BCUT2D eigenvalue weighted by molar-refractivity contribution is 5.92. The second kappa shape index (κ2) is 4.79. The molecule has 1 aliphatic carbocycles. The molecule has 2 rings (SSSR count). The van der Waals surface area contributed by atoms with E-state index in [1.54, 1.807) is 0 Å². The molecule has 1 amide bonds. The van der Waals surface area contributed by atoms with Crippen molar-refractivity contribution in [1.29, 1.82) is 0 Å². The van der Waals surface area contributed by atoms with Gasteiger partial charge in [0.15, 0.2) is 0 Å². The molecule has 3 nitrogen and oxygen atoms in total. The van der Waals surface area contributed by atoms with Gasteiger partial charge >= 0.3 is 0 Å². The van der Waals surface area contributed by atoms with Gasteiger partial charge in [-0.1, -0.05) is 0 Å². The van der Waals surface area contributed by atoms with E-state index in [0.29, 0.717) is 6.04 Å². The number of carbonyl (C=O) groups is 1. The average molecular weight is 240 g/mol. The maximum Gasteiger partial charge on any atom is 0.238 e. The summed E-state index contributed by atoms with van der Waals surface area (Å²) < 4.78 is 26.6. The quantitative estimate of drug-likeness (QED) is 0.844. The molecular weight excluding hydrogens is 226 g/mol. The third kappa shape index (κ3) is 3.23. The van der Waals surface area contributed by atoms with Gasteiger partial charge in [-0.05, 0) is 31.4 Å². The van der Waals surface area contributed by atoms with Crippen molar-refractivity contribution in [2.45, 2.75) is 25.8 Å². The van der Waals surface area contributed by atoms with Crippen LogP contribution in [-0.4, -0.2) is 18.5 Å². The number of aryl methyl sites for hydroxylation is 1. The molecule has 0 bridgehead atoms. The van der Waals surface area contributed by atoms with Crippen molar-refractivity contribution in [1.82, 2.24) is 5.32 Å². The molecule has 0 aromatic heterocycles. The molecule has 1 aromatic carbocycles. The second-order valence-electron chi connectivity index (χ2n) is 4.28. The number of nitrogens with one attached hydrogen (secondary N) is 2. The molecule has 1 aromatic rings. The number of carbonyl (C=O) groups excluding carboxylic acids is 1. The lowest BCUT2D eigenvalue weighted by atomic mass is 10.2. The SMILES string of the molecule is Cc1cc(F)c(NC(=O)CNC2CC2)cc1F. The molecule has 1 fully saturated rings. The normalized spacial score (nSPS) is 14.8. The molecule has 1 saturated carbocycles. The molecule has 5 heteroatoms. The van der Waals surface area contributed by atoms with Crippen LogP contribution in [0.5, 0.6) is 0 Å². The number of benzene rings is 1. The number of amides is 1. The van der Waals surface area contributed by atoms with Crippen LogP contribution in [0, 0.1) is 18.6 Å². The summed E-state index contributed by atoms with van der Waals surface area (Å²) in [6.07, 6.45) is 2.14. The minimum Gasteiger partial charge on any atom is -0.322 e. The third-order valence-electron chi connectivity index (χ3n) is 2.65. The van der Waals surface area contributed by atoms with Gasteiger partial charge in [-0.25, -0.2) is 8.78 Å². The first-order valence-electron chi connectivity index (χ1n) is 5.55. The topological polar surface area (TPSA) is 41.1 Å². The fourth-order valence-corrected chi connectivity index (χ4v) is 1.46. The fraction of sp³-hybridized carbons (Fsp3) is 0.417. The molecule has 0 spiro atoms. The minimum atomic E-state index is -0.622. The van der Waals surface area contributed by atoms with E-state index in [9.17, 15) is 13.6 Å². The van der Waals surface area contributed by atoms with Crippen molar-refractivity contribution in [2.75, 3.05) is 11.9 Å². The molecular formula is C12H14F2N2O. The van der Waals surface area contributed by atoms with Crippen LogP contribution < -0.4 is 10.6 Å². The van der Waals surface area contributed by atoms with Crippen LogP contribution in [-0.2, 0) is 4.79 Å². The molecule has 1 aliphatic rings. The van der Waals surface area contributed by atoms with Gasteiger partial charge in [0, 0.05) is 12.1 Å². The first-order chi connectivity index (χ1) is 8.06. The van der Waals surface area contributed by atoms with Crippen LogP contribution in [0.1, 0.15) is 18.4 Å². The van der Waals surface area contributed by atoms with Gasteiger partial charge in [-0.15, -0.1) is 0 Å². The van der Waals surface area contributed by atoms with Gasteiger partial charge in [0.05, 0.1) is 12.2 Å². The zero-order valence-electron chi connectivity index (χ0n) is 9.52. The Morgan fingerprint density at radius 3 is 2.71 bits per heavy atom. The van der Waals surface area contributed by atoms with E-state index in [0.717, 1.165) is 25.0 Å². The molecule has 17 heavy (non-hydrogen) atoms. The maximum absolute atomic E-state index is 13.4. The van der Waals surface area contributed by atoms with Crippen LogP contribution in [0.2, 0.25) is 0 Å². The van der Waals surface area contributed by atoms with E-state index in [1.165, 1.54) is 6.92 Å². The van der Waals surface area contributed by atoms with Crippen LogP contribution in [0.25, 0.3) is 0 Å². The zero-order valence-corrected chi connectivity index (χ0v) is 9.52. The number of rotatable bonds is 4. The summed E-state index contributed by atoms with van der Waals surface area (Å²) >= 11 is 0. The molecule has 0 heterocycles. The van der Waals surface area contributed by atoms with Crippen LogP contribution in [0.15, 0.2) is 12.1 Å². The summed E-state index contributed by atoms with van der Waals surface area (Å²) in [5.41, 5.74) is 0.104. The van der Waals surface area contributed by atoms with Crippen molar-refractivity contribution in [3.05, 3.63) is 29.3 Å². The predicted octanol–water partition coefficient (Wildman–Crippen LogP) is 1.96. The Morgan fingerprint density at radius 2 is 2.06 bits per heavy atom. The summed E-state index contributed by atoms with van der Waals surface area (Å²) in [5.74, 6) is -1.51. The molecule has 0 unspecified atom stereocenters. The smallest absolute Gasteiger partial charge is 0.238 e. The van der Waals surface area contributed by atoms with Crippen molar-refractivity contribution in [3.63, 3.8) is 0 Å². The highest BCUT2D eigenvalue weighted by Crippen LogP contribution is 2.19. The Morgan fingerprint density at radius 1 is 1.35 bits per heavy atom. The lowest BCUT2D eigenvalue weighted by molar-refractivity contribution is -0.115. The van der Waals surface area contributed by atoms with E-state index < -0.39 is 11.6 Å². The van der Waals surface area contributed by atoms with Gasteiger partial charge < -0.3 is 10.6 Å². The van der Waals surface area contributed by atoms with E-state index >= 15 is 0 Å². The average Bonchev–Trinajstić information content (AvgIpc) is 3.07. The summed E-state index contributed by atoms with van der Waals surface area (Å²) in [4.78, 5) is 11.4. The molecule has 0 radical (unpaired) electrons. The summed E-state index contributed by atoms with van der Waals surface area (Å²) in [5, 5.41) is 5.34. The predicted molar refractivity (Wildman–Crippen MR) is 60.7 cm³/mol. The van der Waals surface area contributed by atoms with Gasteiger partial charge in [0.2, 0.25) is 5.91 Å². The van der Waals surface area contributed by atoms with E-state index in [4.69, 9.17) is 0 Å². The van der Waals surface area contributed by atoms with Crippen molar-refractivity contribution >= 4 is 11.6 Å². The Kier molecular flexibility index (Phi) is 3.38. The second-order valence-corrected chi connectivity index (χ2v) is 4.28. The first-order valence-corrected chi connectivity index (χ1v) is 5.55. The van der Waals surface area contributed by atoms with E-state index in [2.05, 4.69) is 10.6 Å². The van der Waals surface area contributed by atoms with Gasteiger partial charge in [-0.2, -0.15) is 0 Å². The van der Waals surface area contributed by atoms with Crippen molar-refractivity contribution < 1.29 is 13.6 Å². The number of hydrogen-bond donors (Lipinski definition) is 2. The van der Waals surface area contributed by atoms with E-state index in [1.807, 2.05) is 0 Å². The van der Waals surface area contributed by atoms with Gasteiger partial charge in [0.25, 0.3) is 0 Å². The number of anilines is 1. The largest absolute Gasteiger partial charge is 0.322 e. The summed E-state index contributed by atoms with van der Waals surface area (Å²) in [7, 11) is 0. The Labute approximate surface area is 98.2 Å². The molecule has 92 valence electrons. The fourth-order valence-electron chi connectivity index (χ4n) is 1.46. The summed E-state index contributed by atoms with van der Waals surface area (Å²) in [6.45, 7) is 1.60. The van der Waals surface area contributed by atoms with Crippen LogP contribution >= 0.6 is 0 Å². The Balaban J connectivity index is 1.96. The van der Waals surface area contributed by atoms with Crippen LogP contribution in [0.4, 0.5) is 14.5 Å². The van der Waals surface area contributed by atoms with Crippen molar-refractivity contribution in [3.8, 4) is 0 Å². The Bertz CT molecular complexity index is 444. The van der Waals surface area contributed by atoms with Crippen molar-refractivity contribution in [2.24, 2.45) is 0 Å². The zero-order chi connectivity index (χ0) is 12.4. The standard InChI is InChI=1S/C12H14F2N2O/c1-7-4-10(14)11(5-9(7)13)16-12(17)6-15-8-2-3-8/h4-5,8,15H,2-3,6H2,1H3,(H,16,17). The highest BCUT2D eigenvalue weighted by Gasteiger charge is 2.21. The maximum atomic E-state index is 13.4.